The van der Waals surface area contributed by atoms with Crippen molar-refractivity contribution in [3.05, 3.63) is 82.8 Å². The zero-order valence-corrected chi connectivity index (χ0v) is 18.4. The maximum Gasteiger partial charge on any atom is 0.302 e. The van der Waals surface area contributed by atoms with Crippen molar-refractivity contribution in [2.45, 2.75) is 33.4 Å². The van der Waals surface area contributed by atoms with Crippen LogP contribution >= 0.6 is 0 Å². The summed E-state index contributed by atoms with van der Waals surface area (Å²) in [4.78, 5) is 17.9. The Bertz CT molecular complexity index is 1120. The molecule has 0 N–H and O–H groups in total. The molecule has 0 unspecified atom stereocenters. The highest BCUT2D eigenvalue weighted by Crippen LogP contribution is 2.28. The Morgan fingerprint density at radius 3 is 2.72 bits per heavy atom. The van der Waals surface area contributed by atoms with E-state index in [0.29, 0.717) is 24.7 Å². The number of pyridine rings is 1. The van der Waals surface area contributed by atoms with Gasteiger partial charge in [-0.15, -0.1) is 0 Å². The van der Waals surface area contributed by atoms with Crippen LogP contribution in [0.15, 0.2) is 54.6 Å². The normalized spacial score (nSPS) is 13.5. The molecule has 0 radical (unpaired) electrons. The van der Waals surface area contributed by atoms with E-state index in [4.69, 9.17) is 14.5 Å². The number of nitrogens with zero attached hydrogens (tertiary/aromatic N) is 2. The molecule has 3 aromatic rings. The van der Waals surface area contributed by atoms with E-state index in [1.54, 1.807) is 12.1 Å². The number of ether oxygens (including phenoxy) is 2. The van der Waals surface area contributed by atoms with Gasteiger partial charge < -0.3 is 9.47 Å². The van der Waals surface area contributed by atoms with Crippen molar-refractivity contribution >= 4 is 5.97 Å². The van der Waals surface area contributed by atoms with E-state index in [9.17, 15) is 9.18 Å². The number of hydrogen-bond donors (Lipinski definition) is 0. The van der Waals surface area contributed by atoms with E-state index in [-0.39, 0.29) is 11.8 Å². The van der Waals surface area contributed by atoms with Gasteiger partial charge in [-0.05, 0) is 35.2 Å². The van der Waals surface area contributed by atoms with Crippen molar-refractivity contribution in [2.75, 3.05) is 19.7 Å². The van der Waals surface area contributed by atoms with E-state index in [0.717, 1.165) is 48.4 Å². The summed E-state index contributed by atoms with van der Waals surface area (Å²) in [6, 6.07) is 16.6. The first kappa shape index (κ1) is 22.0. The van der Waals surface area contributed by atoms with E-state index in [1.807, 2.05) is 37.3 Å². The van der Waals surface area contributed by atoms with Crippen LogP contribution < -0.4 is 4.74 Å². The highest BCUT2D eigenvalue weighted by Gasteiger charge is 2.18. The number of aromatic nitrogens is 1. The lowest BCUT2D eigenvalue weighted by molar-refractivity contribution is -0.141. The number of hydrogen-bond acceptors (Lipinski definition) is 5. The second-order valence-corrected chi connectivity index (χ2v) is 7.98. The van der Waals surface area contributed by atoms with Crippen LogP contribution in [-0.2, 0) is 29.1 Å². The third-order valence-corrected chi connectivity index (χ3v) is 5.80. The van der Waals surface area contributed by atoms with Gasteiger partial charge in [0.15, 0.2) is 0 Å². The molecule has 0 saturated carbocycles. The molecule has 0 fully saturated rings. The second kappa shape index (κ2) is 9.92. The lowest BCUT2D eigenvalue weighted by atomic mass is 9.96. The zero-order valence-electron chi connectivity index (χ0n) is 18.4. The maximum absolute atomic E-state index is 14.3. The van der Waals surface area contributed by atoms with Crippen molar-refractivity contribution in [3.63, 3.8) is 0 Å². The smallest absolute Gasteiger partial charge is 0.302 e. The van der Waals surface area contributed by atoms with Crippen LogP contribution in [0.4, 0.5) is 4.39 Å². The molecule has 4 rings (SSSR count). The molecule has 166 valence electrons. The average molecular weight is 435 g/mol. The van der Waals surface area contributed by atoms with Crippen LogP contribution in [0.25, 0.3) is 11.1 Å². The Morgan fingerprint density at radius 2 is 1.91 bits per heavy atom. The van der Waals surface area contributed by atoms with Gasteiger partial charge in [0.1, 0.15) is 19.0 Å². The summed E-state index contributed by atoms with van der Waals surface area (Å²) >= 11 is 0. The summed E-state index contributed by atoms with van der Waals surface area (Å²) in [6.07, 6.45) is 0.828. The van der Waals surface area contributed by atoms with Crippen LogP contribution in [0, 0.1) is 12.7 Å². The first-order valence-electron chi connectivity index (χ1n) is 10.8. The van der Waals surface area contributed by atoms with E-state index in [1.165, 1.54) is 18.6 Å². The Morgan fingerprint density at radius 1 is 1.09 bits per heavy atom. The third kappa shape index (κ3) is 5.14. The Hall–Kier alpha value is -3.25. The molecular weight excluding hydrogens is 407 g/mol. The SMILES string of the molecule is CC(=O)OCCN1CCc2nc(OCc3cccc(-c4ccccc4F)c3C)ccc2C1. The number of carbonyl (C=O) groups excluding carboxylic acids is 1. The first-order chi connectivity index (χ1) is 15.5. The third-order valence-electron chi connectivity index (χ3n) is 5.80. The van der Waals surface area contributed by atoms with Gasteiger partial charge in [-0.25, -0.2) is 9.37 Å². The van der Waals surface area contributed by atoms with Crippen molar-refractivity contribution in [2.24, 2.45) is 0 Å². The molecule has 32 heavy (non-hydrogen) atoms. The Labute approximate surface area is 187 Å². The second-order valence-electron chi connectivity index (χ2n) is 7.98. The van der Waals surface area contributed by atoms with Gasteiger partial charge in [0, 0.05) is 44.6 Å². The first-order valence-corrected chi connectivity index (χ1v) is 10.8. The number of benzene rings is 2. The van der Waals surface area contributed by atoms with Gasteiger partial charge in [0.25, 0.3) is 0 Å². The molecule has 1 aliphatic rings. The summed E-state index contributed by atoms with van der Waals surface area (Å²) in [5.41, 5.74) is 5.68. The molecule has 5 nitrogen and oxygen atoms in total. The molecule has 6 heteroatoms. The topological polar surface area (TPSA) is 51.7 Å². The van der Waals surface area contributed by atoms with Crippen molar-refractivity contribution in [1.29, 1.82) is 0 Å². The van der Waals surface area contributed by atoms with Crippen molar-refractivity contribution in [1.82, 2.24) is 9.88 Å². The van der Waals surface area contributed by atoms with Crippen LogP contribution in [-0.4, -0.2) is 35.5 Å². The lowest BCUT2D eigenvalue weighted by Gasteiger charge is -2.28. The Balaban J connectivity index is 1.41. The van der Waals surface area contributed by atoms with E-state index >= 15 is 0 Å². The van der Waals surface area contributed by atoms with E-state index in [2.05, 4.69) is 11.0 Å². The minimum Gasteiger partial charge on any atom is -0.473 e. The summed E-state index contributed by atoms with van der Waals surface area (Å²) in [7, 11) is 0. The number of esters is 1. The van der Waals surface area contributed by atoms with Gasteiger partial charge >= 0.3 is 5.97 Å². The average Bonchev–Trinajstić information content (AvgIpc) is 2.79. The minimum atomic E-state index is -0.249. The predicted octanol–water partition coefficient (Wildman–Crippen LogP) is 4.70. The summed E-state index contributed by atoms with van der Waals surface area (Å²) in [5.74, 6) is 0.111. The van der Waals surface area contributed by atoms with Crippen LogP contribution in [0.1, 0.15) is 29.3 Å². The molecule has 0 aliphatic carbocycles. The fourth-order valence-corrected chi connectivity index (χ4v) is 4.01. The van der Waals surface area contributed by atoms with Gasteiger partial charge in [-0.1, -0.05) is 42.5 Å². The van der Waals surface area contributed by atoms with Gasteiger partial charge in [0.05, 0.1) is 5.69 Å². The highest BCUT2D eigenvalue weighted by molar-refractivity contribution is 5.69. The summed E-state index contributed by atoms with van der Waals surface area (Å²) in [6.45, 7) is 6.57. The molecule has 1 aromatic heterocycles. The standard InChI is InChI=1S/C26H27FN2O3/c1-18-21(6-5-8-22(18)23-7-3-4-9-24(23)27)17-32-26-11-10-20-16-29(13-12-25(20)28-26)14-15-31-19(2)30/h3-11H,12-17H2,1-2H3. The monoisotopic (exact) mass is 434 g/mol. The van der Waals surface area contributed by atoms with Gasteiger partial charge in [0.2, 0.25) is 5.88 Å². The molecule has 0 amide bonds. The number of carbonyl (C=O) groups is 1. The largest absolute Gasteiger partial charge is 0.473 e. The molecule has 0 atom stereocenters. The maximum atomic E-state index is 14.3. The molecular formula is C26H27FN2O3. The van der Waals surface area contributed by atoms with Crippen LogP contribution in [0.5, 0.6) is 5.88 Å². The summed E-state index contributed by atoms with van der Waals surface area (Å²) < 4.78 is 25.3. The fourth-order valence-electron chi connectivity index (χ4n) is 4.01. The minimum absolute atomic E-state index is 0.230. The molecule has 2 aromatic carbocycles. The van der Waals surface area contributed by atoms with Crippen LogP contribution in [0.3, 0.4) is 0 Å². The fraction of sp³-hybridized carbons (Fsp3) is 0.308. The summed E-state index contributed by atoms with van der Waals surface area (Å²) in [5, 5.41) is 0. The quantitative estimate of drug-likeness (QED) is 0.505. The highest BCUT2D eigenvalue weighted by atomic mass is 19.1. The number of halogens is 1. The predicted molar refractivity (Wildman–Crippen MR) is 121 cm³/mol. The van der Waals surface area contributed by atoms with Crippen LogP contribution in [0.2, 0.25) is 0 Å². The molecule has 1 aliphatic heterocycles. The number of fused-ring (bicyclic) bond motifs is 1. The zero-order chi connectivity index (χ0) is 22.5. The van der Waals surface area contributed by atoms with Crippen molar-refractivity contribution in [3.8, 4) is 17.0 Å². The molecule has 2 heterocycles. The molecule has 0 spiro atoms. The van der Waals surface area contributed by atoms with Crippen molar-refractivity contribution < 1.29 is 18.7 Å². The van der Waals surface area contributed by atoms with E-state index < -0.39 is 0 Å². The van der Waals surface area contributed by atoms with Gasteiger partial charge in [-0.2, -0.15) is 0 Å². The Kier molecular flexibility index (Phi) is 6.81. The molecule has 0 bridgehead atoms. The molecule has 0 saturated heterocycles. The van der Waals surface area contributed by atoms with Gasteiger partial charge in [-0.3, -0.25) is 9.69 Å². The number of rotatable bonds is 7. The lowest BCUT2D eigenvalue weighted by Crippen LogP contribution is -2.34.